The molecule has 0 radical (unpaired) electrons. The smallest absolute Gasteiger partial charge is 0.287 e. The Labute approximate surface area is 128 Å². The standard InChI is InChI=1S/C15H16ClN3O2/c1-10(2)15(11-3-5-12(16)6-4-11)18-14-8-7-13(9-17-14)19(20)21/h3-10,15H,1-2H3,(H,17,18)/t15-/m0/s1. The fraction of sp³-hybridized carbons (Fsp3) is 0.267. The molecule has 0 bridgehead atoms. The molecule has 0 unspecified atom stereocenters. The largest absolute Gasteiger partial charge is 0.363 e. The number of rotatable bonds is 5. The predicted octanol–water partition coefficient (Wildman–Crippen LogP) is 4.45. The fourth-order valence-electron chi connectivity index (χ4n) is 2.04. The van der Waals surface area contributed by atoms with Crippen molar-refractivity contribution in [1.29, 1.82) is 0 Å². The Morgan fingerprint density at radius 3 is 2.33 bits per heavy atom. The molecule has 1 N–H and O–H groups in total. The Morgan fingerprint density at radius 2 is 1.86 bits per heavy atom. The van der Waals surface area contributed by atoms with E-state index in [1.54, 1.807) is 6.07 Å². The minimum atomic E-state index is -0.462. The molecule has 5 nitrogen and oxygen atoms in total. The van der Waals surface area contributed by atoms with Crippen molar-refractivity contribution in [3.63, 3.8) is 0 Å². The minimum Gasteiger partial charge on any atom is -0.363 e. The molecular formula is C15H16ClN3O2. The lowest BCUT2D eigenvalue weighted by atomic mass is 9.96. The van der Waals surface area contributed by atoms with Gasteiger partial charge in [0.25, 0.3) is 5.69 Å². The monoisotopic (exact) mass is 305 g/mol. The summed E-state index contributed by atoms with van der Waals surface area (Å²) in [5, 5.41) is 14.6. The van der Waals surface area contributed by atoms with Crippen LogP contribution in [0.3, 0.4) is 0 Å². The van der Waals surface area contributed by atoms with Gasteiger partial charge in [-0.2, -0.15) is 0 Å². The summed E-state index contributed by atoms with van der Waals surface area (Å²) in [6.07, 6.45) is 1.25. The average molecular weight is 306 g/mol. The van der Waals surface area contributed by atoms with E-state index in [4.69, 9.17) is 11.6 Å². The highest BCUT2D eigenvalue weighted by atomic mass is 35.5. The van der Waals surface area contributed by atoms with Crippen molar-refractivity contribution >= 4 is 23.1 Å². The Balaban J connectivity index is 2.20. The summed E-state index contributed by atoms with van der Waals surface area (Å²) in [5.41, 5.74) is 1.07. The summed E-state index contributed by atoms with van der Waals surface area (Å²) in [5.74, 6) is 0.928. The van der Waals surface area contributed by atoms with E-state index in [2.05, 4.69) is 24.1 Å². The Hall–Kier alpha value is -2.14. The second kappa shape index (κ2) is 6.54. The van der Waals surface area contributed by atoms with Crippen LogP contribution in [-0.2, 0) is 0 Å². The van der Waals surface area contributed by atoms with Crippen LogP contribution < -0.4 is 5.32 Å². The number of nitro groups is 1. The number of hydrogen-bond acceptors (Lipinski definition) is 4. The van der Waals surface area contributed by atoms with Gasteiger partial charge in [0.15, 0.2) is 0 Å². The first-order valence-electron chi connectivity index (χ1n) is 6.60. The van der Waals surface area contributed by atoms with Crippen LogP contribution in [-0.4, -0.2) is 9.91 Å². The van der Waals surface area contributed by atoms with Gasteiger partial charge in [-0.1, -0.05) is 37.6 Å². The quantitative estimate of drug-likeness (QED) is 0.654. The molecule has 0 spiro atoms. The Kier molecular flexibility index (Phi) is 4.75. The SMILES string of the molecule is CC(C)[C@H](Nc1ccc([N+](=O)[O-])cn1)c1ccc(Cl)cc1. The van der Waals surface area contributed by atoms with Crippen LogP contribution in [0.5, 0.6) is 0 Å². The van der Waals surface area contributed by atoms with Crippen molar-refractivity contribution in [2.75, 3.05) is 5.32 Å². The summed E-state index contributed by atoms with van der Waals surface area (Å²) >= 11 is 5.91. The molecule has 0 amide bonds. The number of nitrogens with one attached hydrogen (secondary N) is 1. The van der Waals surface area contributed by atoms with Crippen LogP contribution in [0.2, 0.25) is 5.02 Å². The van der Waals surface area contributed by atoms with Crippen LogP contribution in [0.4, 0.5) is 11.5 Å². The summed E-state index contributed by atoms with van der Waals surface area (Å²) in [6.45, 7) is 4.19. The van der Waals surface area contributed by atoms with Crippen molar-refractivity contribution < 1.29 is 4.92 Å². The van der Waals surface area contributed by atoms with E-state index in [-0.39, 0.29) is 11.7 Å². The van der Waals surface area contributed by atoms with E-state index in [0.717, 1.165) is 5.56 Å². The highest BCUT2D eigenvalue weighted by Crippen LogP contribution is 2.27. The van der Waals surface area contributed by atoms with Crippen LogP contribution in [0.15, 0.2) is 42.6 Å². The number of anilines is 1. The van der Waals surface area contributed by atoms with E-state index >= 15 is 0 Å². The molecule has 0 saturated carbocycles. The molecule has 110 valence electrons. The zero-order chi connectivity index (χ0) is 15.4. The number of halogens is 1. The Bertz CT molecular complexity index is 612. The van der Waals surface area contributed by atoms with Gasteiger partial charge >= 0.3 is 0 Å². The van der Waals surface area contributed by atoms with Gasteiger partial charge < -0.3 is 5.32 Å². The van der Waals surface area contributed by atoms with Gasteiger partial charge in [0, 0.05) is 11.1 Å². The maximum atomic E-state index is 10.6. The van der Waals surface area contributed by atoms with Crippen molar-refractivity contribution in [2.24, 2.45) is 5.92 Å². The van der Waals surface area contributed by atoms with Crippen molar-refractivity contribution in [3.05, 3.63) is 63.3 Å². The van der Waals surface area contributed by atoms with E-state index in [1.165, 1.54) is 12.3 Å². The van der Waals surface area contributed by atoms with E-state index in [1.807, 2.05) is 24.3 Å². The molecule has 0 aliphatic heterocycles. The second-order valence-electron chi connectivity index (χ2n) is 5.08. The third-order valence-electron chi connectivity index (χ3n) is 3.16. The van der Waals surface area contributed by atoms with Crippen LogP contribution >= 0.6 is 11.6 Å². The maximum absolute atomic E-state index is 10.6. The maximum Gasteiger partial charge on any atom is 0.287 e. The van der Waals surface area contributed by atoms with Gasteiger partial charge in [-0.15, -0.1) is 0 Å². The first kappa shape index (κ1) is 15.3. The van der Waals surface area contributed by atoms with Gasteiger partial charge in [0.2, 0.25) is 0 Å². The molecular weight excluding hydrogens is 290 g/mol. The van der Waals surface area contributed by atoms with Gasteiger partial charge in [-0.25, -0.2) is 4.98 Å². The first-order valence-corrected chi connectivity index (χ1v) is 6.97. The van der Waals surface area contributed by atoms with E-state index in [9.17, 15) is 10.1 Å². The normalized spacial score (nSPS) is 12.2. The molecule has 2 aromatic rings. The molecule has 1 aromatic carbocycles. The summed E-state index contributed by atoms with van der Waals surface area (Å²) in [4.78, 5) is 14.3. The minimum absolute atomic E-state index is 0.0202. The number of nitrogens with zero attached hydrogens (tertiary/aromatic N) is 2. The summed E-state index contributed by atoms with van der Waals surface area (Å²) in [6, 6.07) is 10.7. The topological polar surface area (TPSA) is 68.1 Å². The zero-order valence-corrected chi connectivity index (χ0v) is 12.5. The van der Waals surface area contributed by atoms with Crippen LogP contribution in [0, 0.1) is 16.0 Å². The van der Waals surface area contributed by atoms with Crippen LogP contribution in [0.25, 0.3) is 0 Å². The van der Waals surface area contributed by atoms with Gasteiger partial charge in [-0.3, -0.25) is 10.1 Å². The summed E-state index contributed by atoms with van der Waals surface area (Å²) in [7, 11) is 0. The Morgan fingerprint density at radius 1 is 1.19 bits per heavy atom. The lowest BCUT2D eigenvalue weighted by Gasteiger charge is -2.23. The second-order valence-corrected chi connectivity index (χ2v) is 5.51. The molecule has 1 atom stereocenters. The molecule has 6 heteroatoms. The molecule has 1 heterocycles. The van der Waals surface area contributed by atoms with Gasteiger partial charge in [-0.05, 0) is 29.7 Å². The van der Waals surface area contributed by atoms with Crippen molar-refractivity contribution in [2.45, 2.75) is 19.9 Å². The fourth-order valence-corrected chi connectivity index (χ4v) is 2.17. The lowest BCUT2D eigenvalue weighted by Crippen LogP contribution is -2.17. The van der Waals surface area contributed by atoms with Crippen molar-refractivity contribution in [1.82, 2.24) is 4.98 Å². The predicted molar refractivity (Wildman–Crippen MR) is 83.5 cm³/mol. The number of aromatic nitrogens is 1. The average Bonchev–Trinajstić information content (AvgIpc) is 2.46. The first-order chi connectivity index (χ1) is 9.97. The molecule has 0 fully saturated rings. The lowest BCUT2D eigenvalue weighted by molar-refractivity contribution is -0.385. The van der Waals surface area contributed by atoms with Crippen molar-refractivity contribution in [3.8, 4) is 0 Å². The summed E-state index contributed by atoms with van der Waals surface area (Å²) < 4.78 is 0. The molecule has 0 aliphatic rings. The highest BCUT2D eigenvalue weighted by Gasteiger charge is 2.16. The number of pyridine rings is 1. The zero-order valence-electron chi connectivity index (χ0n) is 11.8. The van der Waals surface area contributed by atoms with Gasteiger partial charge in [0.1, 0.15) is 12.0 Å². The van der Waals surface area contributed by atoms with Gasteiger partial charge in [0.05, 0.1) is 11.0 Å². The molecule has 2 rings (SSSR count). The molecule has 0 saturated heterocycles. The number of hydrogen-bond donors (Lipinski definition) is 1. The molecule has 0 aliphatic carbocycles. The highest BCUT2D eigenvalue weighted by molar-refractivity contribution is 6.30. The third kappa shape index (κ3) is 3.92. The molecule has 21 heavy (non-hydrogen) atoms. The third-order valence-corrected chi connectivity index (χ3v) is 3.41. The van der Waals surface area contributed by atoms with E-state index in [0.29, 0.717) is 16.8 Å². The molecule has 1 aromatic heterocycles. The van der Waals surface area contributed by atoms with E-state index < -0.39 is 4.92 Å². The number of benzene rings is 1. The van der Waals surface area contributed by atoms with Crippen LogP contribution in [0.1, 0.15) is 25.5 Å².